The molecule has 1 fully saturated rings. The molecule has 0 saturated carbocycles. The van der Waals surface area contributed by atoms with Crippen molar-refractivity contribution in [2.24, 2.45) is 5.92 Å². The van der Waals surface area contributed by atoms with Gasteiger partial charge in [-0.15, -0.1) is 0 Å². The zero-order chi connectivity index (χ0) is 12.3. The molecule has 2 N–H and O–H groups in total. The molecule has 0 spiro atoms. The molecule has 1 aromatic rings. The molecule has 1 aliphatic rings. The van der Waals surface area contributed by atoms with Gasteiger partial charge in [-0.25, -0.2) is 8.78 Å². The molecule has 5 heteroatoms. The fourth-order valence-electron chi connectivity index (χ4n) is 1.79. The van der Waals surface area contributed by atoms with E-state index in [9.17, 15) is 8.78 Å². The van der Waals surface area contributed by atoms with Gasteiger partial charge in [0.2, 0.25) is 0 Å². The van der Waals surface area contributed by atoms with Crippen molar-refractivity contribution in [3.63, 3.8) is 0 Å². The topological polar surface area (TPSA) is 44.5 Å². The molecule has 1 aliphatic heterocycles. The van der Waals surface area contributed by atoms with Gasteiger partial charge >= 0.3 is 0 Å². The average molecular weight is 243 g/mol. The van der Waals surface area contributed by atoms with Gasteiger partial charge in [0.25, 0.3) is 0 Å². The van der Waals surface area contributed by atoms with Crippen LogP contribution in [0.25, 0.3) is 0 Å². The summed E-state index contributed by atoms with van der Waals surface area (Å²) in [6.45, 7) is 1.90. The predicted octanol–water partition coefficient (Wildman–Crippen LogP) is 2.35. The maximum atomic E-state index is 13.0. The van der Waals surface area contributed by atoms with Crippen molar-refractivity contribution >= 4 is 5.69 Å². The van der Waals surface area contributed by atoms with Crippen LogP contribution in [-0.2, 0) is 4.74 Å². The lowest BCUT2D eigenvalue weighted by Gasteiger charge is -2.22. The first-order chi connectivity index (χ1) is 8.16. The summed E-state index contributed by atoms with van der Waals surface area (Å²) >= 11 is 0. The largest absolute Gasteiger partial charge is 0.491 e. The third kappa shape index (κ3) is 3.06. The first kappa shape index (κ1) is 12.1. The highest BCUT2D eigenvalue weighted by molar-refractivity contribution is 5.52. The van der Waals surface area contributed by atoms with Gasteiger partial charge in [-0.1, -0.05) is 0 Å². The van der Waals surface area contributed by atoms with E-state index in [2.05, 4.69) is 0 Å². The average Bonchev–Trinajstić information content (AvgIpc) is 2.33. The minimum Gasteiger partial charge on any atom is -0.491 e. The van der Waals surface area contributed by atoms with E-state index < -0.39 is 11.6 Å². The Labute approximate surface area is 98.5 Å². The minimum atomic E-state index is -0.957. The maximum absolute atomic E-state index is 13.0. The SMILES string of the molecule is Nc1cc(F)c(F)cc1OCC1CCOCC1. The summed E-state index contributed by atoms with van der Waals surface area (Å²) < 4.78 is 36.5. The van der Waals surface area contributed by atoms with Gasteiger partial charge in [0.05, 0.1) is 12.3 Å². The number of nitrogens with two attached hydrogens (primary N) is 1. The number of rotatable bonds is 3. The molecular formula is C12H15F2NO2. The van der Waals surface area contributed by atoms with Crippen molar-refractivity contribution in [2.75, 3.05) is 25.6 Å². The molecule has 0 atom stereocenters. The normalized spacial score (nSPS) is 17.1. The number of anilines is 1. The molecule has 17 heavy (non-hydrogen) atoms. The Bertz CT molecular complexity index is 392. The number of nitrogen functional groups attached to an aromatic ring is 1. The highest BCUT2D eigenvalue weighted by atomic mass is 19.2. The van der Waals surface area contributed by atoms with Crippen molar-refractivity contribution in [2.45, 2.75) is 12.8 Å². The first-order valence-corrected chi connectivity index (χ1v) is 5.62. The summed E-state index contributed by atoms with van der Waals surface area (Å²) in [4.78, 5) is 0. The third-order valence-corrected chi connectivity index (χ3v) is 2.87. The molecular weight excluding hydrogens is 228 g/mol. The zero-order valence-corrected chi connectivity index (χ0v) is 9.42. The Hall–Kier alpha value is -1.36. The standard InChI is InChI=1S/C12H15F2NO2/c13-9-5-11(15)12(6-10(9)14)17-7-8-1-3-16-4-2-8/h5-6,8H,1-4,7,15H2. The molecule has 1 aromatic carbocycles. The van der Waals surface area contributed by atoms with E-state index in [4.69, 9.17) is 15.2 Å². The highest BCUT2D eigenvalue weighted by Crippen LogP contribution is 2.26. The van der Waals surface area contributed by atoms with Crippen LogP contribution in [0.1, 0.15) is 12.8 Å². The number of benzene rings is 1. The van der Waals surface area contributed by atoms with Crippen LogP contribution in [0.4, 0.5) is 14.5 Å². The third-order valence-electron chi connectivity index (χ3n) is 2.87. The Balaban J connectivity index is 1.96. The minimum absolute atomic E-state index is 0.121. The van der Waals surface area contributed by atoms with Gasteiger partial charge in [0, 0.05) is 25.3 Å². The van der Waals surface area contributed by atoms with E-state index in [1.54, 1.807) is 0 Å². The van der Waals surface area contributed by atoms with Gasteiger partial charge in [0.1, 0.15) is 5.75 Å². The lowest BCUT2D eigenvalue weighted by Crippen LogP contribution is -2.21. The van der Waals surface area contributed by atoms with Crippen LogP contribution in [0.15, 0.2) is 12.1 Å². The lowest BCUT2D eigenvalue weighted by molar-refractivity contribution is 0.0498. The second-order valence-corrected chi connectivity index (χ2v) is 4.17. The van der Waals surface area contributed by atoms with Crippen LogP contribution in [0.3, 0.4) is 0 Å². The van der Waals surface area contributed by atoms with Crippen LogP contribution in [0, 0.1) is 17.6 Å². The smallest absolute Gasteiger partial charge is 0.162 e. The fraction of sp³-hybridized carbons (Fsp3) is 0.500. The van der Waals surface area contributed by atoms with Gasteiger partial charge < -0.3 is 15.2 Å². The maximum Gasteiger partial charge on any atom is 0.162 e. The number of hydrogen-bond acceptors (Lipinski definition) is 3. The number of hydrogen-bond donors (Lipinski definition) is 1. The summed E-state index contributed by atoms with van der Waals surface area (Å²) in [5, 5.41) is 0. The molecule has 1 saturated heterocycles. The summed E-state index contributed by atoms with van der Waals surface area (Å²) in [6.07, 6.45) is 1.84. The number of ether oxygens (including phenoxy) is 2. The molecule has 0 amide bonds. The van der Waals surface area contributed by atoms with E-state index in [0.29, 0.717) is 12.5 Å². The van der Waals surface area contributed by atoms with Gasteiger partial charge in [-0.05, 0) is 18.8 Å². The fourth-order valence-corrected chi connectivity index (χ4v) is 1.79. The molecule has 3 nitrogen and oxygen atoms in total. The summed E-state index contributed by atoms with van der Waals surface area (Å²) in [6, 6.07) is 1.93. The summed E-state index contributed by atoms with van der Waals surface area (Å²) in [5.41, 5.74) is 5.67. The first-order valence-electron chi connectivity index (χ1n) is 5.62. The molecule has 0 unspecified atom stereocenters. The zero-order valence-electron chi connectivity index (χ0n) is 9.42. The van der Waals surface area contributed by atoms with Crippen molar-refractivity contribution < 1.29 is 18.3 Å². The second-order valence-electron chi connectivity index (χ2n) is 4.17. The molecule has 0 aromatic heterocycles. The van der Waals surface area contributed by atoms with Gasteiger partial charge in [0.15, 0.2) is 11.6 Å². The second kappa shape index (κ2) is 5.31. The van der Waals surface area contributed by atoms with Crippen LogP contribution >= 0.6 is 0 Å². The van der Waals surface area contributed by atoms with Crippen molar-refractivity contribution in [1.82, 2.24) is 0 Å². The molecule has 0 aliphatic carbocycles. The van der Waals surface area contributed by atoms with E-state index in [-0.39, 0.29) is 11.4 Å². The molecule has 1 heterocycles. The molecule has 2 rings (SSSR count). The van der Waals surface area contributed by atoms with E-state index in [1.807, 2.05) is 0 Å². The Kier molecular flexibility index (Phi) is 3.78. The summed E-state index contributed by atoms with van der Waals surface area (Å²) in [5.74, 6) is -1.31. The van der Waals surface area contributed by atoms with Gasteiger partial charge in [-0.3, -0.25) is 0 Å². The number of halogens is 2. The highest BCUT2D eigenvalue weighted by Gasteiger charge is 2.16. The molecule has 94 valence electrons. The van der Waals surface area contributed by atoms with Crippen LogP contribution in [0.5, 0.6) is 5.75 Å². The summed E-state index contributed by atoms with van der Waals surface area (Å²) in [7, 11) is 0. The van der Waals surface area contributed by atoms with E-state index >= 15 is 0 Å². The lowest BCUT2D eigenvalue weighted by atomic mass is 10.0. The van der Waals surface area contributed by atoms with Crippen molar-refractivity contribution in [3.05, 3.63) is 23.8 Å². The van der Waals surface area contributed by atoms with Crippen LogP contribution < -0.4 is 10.5 Å². The van der Waals surface area contributed by atoms with Crippen molar-refractivity contribution in [3.8, 4) is 5.75 Å². The Morgan fingerprint density at radius 3 is 2.59 bits per heavy atom. The van der Waals surface area contributed by atoms with Crippen LogP contribution in [-0.4, -0.2) is 19.8 Å². The predicted molar refractivity (Wildman–Crippen MR) is 59.8 cm³/mol. The Morgan fingerprint density at radius 2 is 1.88 bits per heavy atom. The van der Waals surface area contributed by atoms with Gasteiger partial charge in [-0.2, -0.15) is 0 Å². The van der Waals surface area contributed by atoms with E-state index in [0.717, 1.165) is 38.2 Å². The molecule has 0 bridgehead atoms. The van der Waals surface area contributed by atoms with E-state index in [1.165, 1.54) is 0 Å². The quantitative estimate of drug-likeness (QED) is 0.829. The van der Waals surface area contributed by atoms with Crippen LogP contribution in [0.2, 0.25) is 0 Å². The van der Waals surface area contributed by atoms with Crippen molar-refractivity contribution in [1.29, 1.82) is 0 Å². The molecule has 0 radical (unpaired) electrons. The monoisotopic (exact) mass is 243 g/mol. The Morgan fingerprint density at radius 1 is 1.24 bits per heavy atom.